The molecule has 2 atom stereocenters. The van der Waals surface area contributed by atoms with E-state index in [1.807, 2.05) is 54.6 Å². The van der Waals surface area contributed by atoms with Gasteiger partial charge in [0.1, 0.15) is 5.82 Å². The Morgan fingerprint density at radius 3 is 2.27 bits per heavy atom. The van der Waals surface area contributed by atoms with Crippen LogP contribution in [0, 0.1) is 5.82 Å². The Bertz CT molecular complexity index is 1920. The van der Waals surface area contributed by atoms with E-state index in [1.165, 1.54) is 0 Å². The number of carbonyl (C=O) groups excluding carboxylic acids is 2. The van der Waals surface area contributed by atoms with Gasteiger partial charge in [0, 0.05) is 91.0 Å². The van der Waals surface area contributed by atoms with Crippen LogP contribution in [0.3, 0.4) is 0 Å². The number of fused-ring (bicyclic) bond motifs is 1. The Balaban J connectivity index is 1.11. The SMILES string of the molecule is COc1nc(-c2cccc(-c3cccc(-c4cc(F)c5c(c4)CCN(C[C@@H]4CCC(=O)N4)C5)c3Cl)c2Cl)ccc1CNC[C@@H]1CCC(=O)N1. The van der Waals surface area contributed by atoms with Gasteiger partial charge in [-0.25, -0.2) is 9.37 Å². The smallest absolute Gasteiger partial charge is 0.220 e. The molecule has 0 bridgehead atoms. The van der Waals surface area contributed by atoms with Gasteiger partial charge in [0.2, 0.25) is 17.7 Å². The molecule has 0 unspecified atom stereocenters. The molecule has 0 aliphatic carbocycles. The van der Waals surface area contributed by atoms with Crippen molar-refractivity contribution in [1.82, 2.24) is 25.8 Å². The van der Waals surface area contributed by atoms with Crippen LogP contribution in [-0.4, -0.2) is 60.5 Å². The summed E-state index contributed by atoms with van der Waals surface area (Å²) < 4.78 is 21.3. The molecule has 49 heavy (non-hydrogen) atoms. The number of amides is 2. The number of nitrogens with one attached hydrogen (secondary N) is 3. The molecule has 3 aromatic carbocycles. The van der Waals surface area contributed by atoms with Crippen LogP contribution in [0.4, 0.5) is 4.39 Å². The van der Waals surface area contributed by atoms with Crippen LogP contribution in [0.15, 0.2) is 60.7 Å². The van der Waals surface area contributed by atoms with Crippen molar-refractivity contribution < 1.29 is 18.7 Å². The maximum Gasteiger partial charge on any atom is 0.220 e. The minimum absolute atomic E-state index is 0.0916. The van der Waals surface area contributed by atoms with Crippen molar-refractivity contribution in [3.63, 3.8) is 0 Å². The summed E-state index contributed by atoms with van der Waals surface area (Å²) >= 11 is 14.2. The zero-order valence-corrected chi connectivity index (χ0v) is 28.8. The Morgan fingerprint density at radius 1 is 0.898 bits per heavy atom. The summed E-state index contributed by atoms with van der Waals surface area (Å²) in [6.07, 6.45) is 3.50. The lowest BCUT2D eigenvalue weighted by Crippen LogP contribution is -2.41. The Morgan fingerprint density at radius 2 is 1.57 bits per heavy atom. The molecule has 0 saturated carbocycles. The quantitative estimate of drug-likeness (QED) is 0.174. The Kier molecular flexibility index (Phi) is 9.87. The molecule has 3 aliphatic heterocycles. The van der Waals surface area contributed by atoms with Crippen molar-refractivity contribution in [2.45, 2.75) is 57.3 Å². The third-order valence-corrected chi connectivity index (χ3v) is 10.5. The average Bonchev–Trinajstić information content (AvgIpc) is 3.72. The highest BCUT2D eigenvalue weighted by Crippen LogP contribution is 2.43. The van der Waals surface area contributed by atoms with E-state index in [1.54, 1.807) is 13.2 Å². The van der Waals surface area contributed by atoms with Crippen molar-refractivity contribution in [3.8, 4) is 39.4 Å². The van der Waals surface area contributed by atoms with Crippen LogP contribution in [0.25, 0.3) is 33.5 Å². The van der Waals surface area contributed by atoms with Gasteiger partial charge in [-0.15, -0.1) is 0 Å². The zero-order valence-electron chi connectivity index (χ0n) is 27.3. The third kappa shape index (κ3) is 7.17. The number of carbonyl (C=O) groups is 2. The molecular formula is C38H38Cl2FN5O3. The van der Waals surface area contributed by atoms with Crippen molar-refractivity contribution in [2.75, 3.05) is 26.7 Å². The van der Waals surface area contributed by atoms with E-state index in [-0.39, 0.29) is 29.7 Å². The maximum atomic E-state index is 15.7. The predicted octanol–water partition coefficient (Wildman–Crippen LogP) is 6.54. The highest BCUT2D eigenvalue weighted by Gasteiger charge is 2.27. The van der Waals surface area contributed by atoms with Crippen LogP contribution >= 0.6 is 23.2 Å². The van der Waals surface area contributed by atoms with Gasteiger partial charge in [-0.2, -0.15) is 0 Å². The first-order valence-electron chi connectivity index (χ1n) is 16.7. The van der Waals surface area contributed by atoms with Crippen LogP contribution < -0.4 is 20.7 Å². The van der Waals surface area contributed by atoms with Crippen molar-refractivity contribution in [2.24, 2.45) is 0 Å². The number of hydrogen-bond donors (Lipinski definition) is 3. The summed E-state index contributed by atoms with van der Waals surface area (Å²) in [7, 11) is 1.59. The molecule has 4 aromatic rings. The summed E-state index contributed by atoms with van der Waals surface area (Å²) in [4.78, 5) is 30.1. The molecular weight excluding hydrogens is 664 g/mol. The predicted molar refractivity (Wildman–Crippen MR) is 190 cm³/mol. The largest absolute Gasteiger partial charge is 0.481 e. The molecule has 2 fully saturated rings. The lowest BCUT2D eigenvalue weighted by molar-refractivity contribution is -0.120. The molecule has 7 rings (SSSR count). The molecule has 8 nitrogen and oxygen atoms in total. The summed E-state index contributed by atoms with van der Waals surface area (Å²) in [5.41, 5.74) is 6.89. The number of hydrogen-bond acceptors (Lipinski definition) is 6. The van der Waals surface area contributed by atoms with Gasteiger partial charge in [0.25, 0.3) is 0 Å². The van der Waals surface area contributed by atoms with E-state index in [9.17, 15) is 9.59 Å². The first-order chi connectivity index (χ1) is 23.8. The molecule has 3 aliphatic rings. The molecule has 3 N–H and O–H groups in total. The number of aromatic nitrogens is 1. The van der Waals surface area contributed by atoms with Crippen LogP contribution in [-0.2, 0) is 29.1 Å². The van der Waals surface area contributed by atoms with Gasteiger partial charge < -0.3 is 20.7 Å². The van der Waals surface area contributed by atoms with Gasteiger partial charge in [-0.05, 0) is 42.5 Å². The fourth-order valence-electron chi connectivity index (χ4n) is 7.15. The van der Waals surface area contributed by atoms with Crippen molar-refractivity contribution >= 4 is 35.0 Å². The van der Waals surface area contributed by atoms with E-state index in [4.69, 9.17) is 32.9 Å². The topological polar surface area (TPSA) is 95.6 Å². The highest BCUT2D eigenvalue weighted by atomic mass is 35.5. The van der Waals surface area contributed by atoms with Crippen LogP contribution in [0.2, 0.25) is 10.0 Å². The number of benzene rings is 3. The lowest BCUT2D eigenvalue weighted by Gasteiger charge is -2.31. The number of rotatable bonds is 10. The Hall–Kier alpha value is -4.02. The van der Waals surface area contributed by atoms with E-state index in [0.717, 1.165) is 71.3 Å². The van der Waals surface area contributed by atoms with Gasteiger partial charge in [0.15, 0.2) is 0 Å². The molecule has 254 valence electrons. The summed E-state index contributed by atoms with van der Waals surface area (Å²) in [6.45, 7) is 3.26. The third-order valence-electron chi connectivity index (χ3n) is 9.73. The van der Waals surface area contributed by atoms with E-state index in [0.29, 0.717) is 59.7 Å². The van der Waals surface area contributed by atoms with Gasteiger partial charge in [-0.3, -0.25) is 14.5 Å². The standard InChI is InChI=1S/C38H38Cl2FN5O3/c1-49-38-23(18-42-19-25-9-12-34(47)43-25)8-11-33(45-38)30-7-3-6-29(37(30)40)28-5-2-4-27(36(28)39)24-16-22-14-15-46(21-31(22)32(41)17-24)20-26-10-13-35(48)44-26/h2-8,11,16-17,25-26,42H,9-10,12-15,18-21H2,1H3,(H,43,47)(H,44,48)/t25-,26-/m0/s1. The van der Waals surface area contributed by atoms with Crippen molar-refractivity contribution in [3.05, 3.63) is 93.2 Å². The second-order valence-electron chi connectivity index (χ2n) is 13.0. The first-order valence-corrected chi connectivity index (χ1v) is 17.5. The average molecular weight is 703 g/mol. The van der Waals surface area contributed by atoms with Crippen LogP contribution in [0.5, 0.6) is 5.88 Å². The van der Waals surface area contributed by atoms with Gasteiger partial charge in [0.05, 0.1) is 22.8 Å². The monoisotopic (exact) mass is 701 g/mol. The molecule has 11 heteroatoms. The molecule has 2 saturated heterocycles. The number of halogens is 3. The maximum absolute atomic E-state index is 15.7. The fourth-order valence-corrected chi connectivity index (χ4v) is 7.82. The number of methoxy groups -OCH3 is 1. The van der Waals surface area contributed by atoms with E-state index < -0.39 is 0 Å². The van der Waals surface area contributed by atoms with Gasteiger partial charge >= 0.3 is 0 Å². The normalized spacial score (nSPS) is 19.1. The number of ether oxygens (including phenoxy) is 1. The number of pyridine rings is 1. The highest BCUT2D eigenvalue weighted by molar-refractivity contribution is 6.39. The summed E-state index contributed by atoms with van der Waals surface area (Å²) in [5, 5.41) is 10.4. The first kappa shape index (κ1) is 33.5. The number of nitrogens with zero attached hydrogens (tertiary/aromatic N) is 2. The van der Waals surface area contributed by atoms with Gasteiger partial charge in [-0.1, -0.05) is 71.7 Å². The zero-order chi connectivity index (χ0) is 34.1. The summed E-state index contributed by atoms with van der Waals surface area (Å²) in [6, 6.07) is 19.2. The minimum Gasteiger partial charge on any atom is -0.481 e. The summed E-state index contributed by atoms with van der Waals surface area (Å²) in [5.74, 6) is 0.424. The van der Waals surface area contributed by atoms with Crippen molar-refractivity contribution in [1.29, 1.82) is 0 Å². The molecule has 0 spiro atoms. The molecule has 1 aromatic heterocycles. The van der Waals surface area contributed by atoms with E-state index in [2.05, 4.69) is 20.9 Å². The lowest BCUT2D eigenvalue weighted by atomic mass is 9.92. The van der Waals surface area contributed by atoms with E-state index >= 15 is 4.39 Å². The Labute approximate surface area is 295 Å². The molecule has 0 radical (unpaired) electrons. The molecule has 2 amide bonds. The second kappa shape index (κ2) is 14.5. The second-order valence-corrected chi connectivity index (χ2v) is 13.8. The minimum atomic E-state index is -0.252. The molecule has 4 heterocycles. The van der Waals surface area contributed by atoms with Crippen LogP contribution in [0.1, 0.15) is 42.4 Å². The fraction of sp³-hybridized carbons (Fsp3) is 0.342.